The first-order valence-electron chi connectivity index (χ1n) is 7.81. The van der Waals surface area contributed by atoms with Crippen LogP contribution in [-0.4, -0.2) is 5.91 Å². The van der Waals surface area contributed by atoms with Crippen LogP contribution >= 0.6 is 0 Å². The predicted molar refractivity (Wildman–Crippen MR) is 91.3 cm³/mol. The molecule has 0 aliphatic rings. The third-order valence-electron chi connectivity index (χ3n) is 4.07. The SMILES string of the molecule is C[C@H](NC(=O)c1cccc(C(F)(F)F)c1)c1ccc2ccccc2c1. The molecule has 0 aromatic heterocycles. The second kappa shape index (κ2) is 6.59. The van der Waals surface area contributed by atoms with Crippen LogP contribution in [0.3, 0.4) is 0 Å². The number of benzene rings is 3. The van der Waals surface area contributed by atoms with Gasteiger partial charge >= 0.3 is 6.18 Å². The third kappa shape index (κ3) is 3.82. The number of carbonyl (C=O) groups excluding carboxylic acids is 1. The van der Waals surface area contributed by atoms with E-state index in [1.165, 1.54) is 12.1 Å². The Morgan fingerprint density at radius 2 is 1.64 bits per heavy atom. The minimum absolute atomic E-state index is 0.0116. The summed E-state index contributed by atoms with van der Waals surface area (Å²) in [7, 11) is 0. The monoisotopic (exact) mass is 343 g/mol. The van der Waals surface area contributed by atoms with Gasteiger partial charge in [-0.05, 0) is 47.5 Å². The lowest BCUT2D eigenvalue weighted by atomic mass is 10.0. The van der Waals surface area contributed by atoms with Gasteiger partial charge in [-0.25, -0.2) is 0 Å². The van der Waals surface area contributed by atoms with Crippen molar-refractivity contribution in [1.82, 2.24) is 5.32 Å². The molecule has 0 fully saturated rings. The molecule has 3 aromatic rings. The molecule has 0 saturated carbocycles. The Morgan fingerprint density at radius 3 is 2.36 bits per heavy atom. The lowest BCUT2D eigenvalue weighted by Crippen LogP contribution is -2.27. The van der Waals surface area contributed by atoms with Crippen molar-refractivity contribution in [3.8, 4) is 0 Å². The lowest BCUT2D eigenvalue weighted by molar-refractivity contribution is -0.137. The van der Waals surface area contributed by atoms with Crippen molar-refractivity contribution in [2.75, 3.05) is 0 Å². The Kier molecular flexibility index (Phi) is 4.49. The molecule has 0 heterocycles. The molecule has 0 aliphatic heterocycles. The van der Waals surface area contributed by atoms with Crippen LogP contribution < -0.4 is 5.32 Å². The maximum absolute atomic E-state index is 12.8. The maximum Gasteiger partial charge on any atom is 0.416 e. The minimum atomic E-state index is -4.47. The highest BCUT2D eigenvalue weighted by atomic mass is 19.4. The molecule has 1 atom stereocenters. The zero-order valence-corrected chi connectivity index (χ0v) is 13.5. The lowest BCUT2D eigenvalue weighted by Gasteiger charge is -2.16. The summed E-state index contributed by atoms with van der Waals surface area (Å²) in [6, 6.07) is 17.8. The highest BCUT2D eigenvalue weighted by Gasteiger charge is 2.31. The van der Waals surface area contributed by atoms with Crippen LogP contribution in [0.4, 0.5) is 13.2 Å². The van der Waals surface area contributed by atoms with Crippen molar-refractivity contribution >= 4 is 16.7 Å². The highest BCUT2D eigenvalue weighted by molar-refractivity contribution is 5.94. The molecule has 25 heavy (non-hydrogen) atoms. The zero-order chi connectivity index (χ0) is 18.0. The summed E-state index contributed by atoms with van der Waals surface area (Å²) in [5.74, 6) is -0.535. The molecule has 0 spiro atoms. The van der Waals surface area contributed by atoms with Crippen molar-refractivity contribution < 1.29 is 18.0 Å². The molecule has 1 amide bonds. The summed E-state index contributed by atoms with van der Waals surface area (Å²) in [5, 5.41) is 4.88. The third-order valence-corrected chi connectivity index (χ3v) is 4.07. The second-order valence-electron chi connectivity index (χ2n) is 5.88. The number of hydrogen-bond acceptors (Lipinski definition) is 1. The standard InChI is InChI=1S/C20H16F3NO/c1-13(15-10-9-14-5-2-3-6-16(14)11-15)24-19(25)17-7-4-8-18(12-17)20(21,22)23/h2-13H,1H3,(H,24,25)/t13-/m0/s1. The number of fused-ring (bicyclic) bond motifs is 1. The average molecular weight is 343 g/mol. The van der Waals surface area contributed by atoms with E-state index in [1.54, 1.807) is 6.92 Å². The van der Waals surface area contributed by atoms with Crippen LogP contribution in [0.25, 0.3) is 10.8 Å². The fourth-order valence-corrected chi connectivity index (χ4v) is 2.68. The summed E-state index contributed by atoms with van der Waals surface area (Å²) in [6.45, 7) is 1.80. The van der Waals surface area contributed by atoms with Gasteiger partial charge in [0.15, 0.2) is 0 Å². The Hall–Kier alpha value is -2.82. The van der Waals surface area contributed by atoms with Crippen LogP contribution in [0.2, 0.25) is 0 Å². The molecule has 1 N–H and O–H groups in total. The van der Waals surface area contributed by atoms with Crippen molar-refractivity contribution in [1.29, 1.82) is 0 Å². The summed E-state index contributed by atoms with van der Waals surface area (Å²) in [5.41, 5.74) is 0.0417. The first kappa shape index (κ1) is 17.0. The predicted octanol–water partition coefficient (Wildman–Crippen LogP) is 5.35. The molecule has 0 bridgehead atoms. The van der Waals surface area contributed by atoms with Gasteiger partial charge in [-0.1, -0.05) is 42.5 Å². The number of amides is 1. The topological polar surface area (TPSA) is 29.1 Å². The van der Waals surface area contributed by atoms with E-state index in [1.807, 2.05) is 42.5 Å². The molecule has 128 valence electrons. The van der Waals surface area contributed by atoms with Crippen LogP contribution in [0.15, 0.2) is 66.7 Å². The summed E-state index contributed by atoms with van der Waals surface area (Å²) in [4.78, 5) is 12.3. The van der Waals surface area contributed by atoms with Crippen molar-refractivity contribution in [2.24, 2.45) is 0 Å². The van der Waals surface area contributed by atoms with Gasteiger partial charge in [-0.3, -0.25) is 4.79 Å². The molecule has 3 rings (SSSR count). The summed E-state index contributed by atoms with van der Waals surface area (Å²) < 4.78 is 38.3. The van der Waals surface area contributed by atoms with Gasteiger partial charge < -0.3 is 5.32 Å². The molecule has 5 heteroatoms. The molecular weight excluding hydrogens is 327 g/mol. The van der Waals surface area contributed by atoms with Gasteiger partial charge in [-0.15, -0.1) is 0 Å². The van der Waals surface area contributed by atoms with E-state index in [2.05, 4.69) is 5.32 Å². The van der Waals surface area contributed by atoms with Crippen LogP contribution in [0.5, 0.6) is 0 Å². The number of hydrogen-bond donors (Lipinski definition) is 1. The van der Waals surface area contributed by atoms with Crippen molar-refractivity contribution in [2.45, 2.75) is 19.1 Å². The minimum Gasteiger partial charge on any atom is -0.346 e. The van der Waals surface area contributed by atoms with E-state index in [0.717, 1.165) is 28.5 Å². The largest absolute Gasteiger partial charge is 0.416 e. The second-order valence-corrected chi connectivity index (χ2v) is 5.88. The van der Waals surface area contributed by atoms with E-state index in [0.29, 0.717) is 0 Å². The van der Waals surface area contributed by atoms with Gasteiger partial charge in [0.25, 0.3) is 5.91 Å². The molecule has 2 nitrogen and oxygen atoms in total. The number of carbonyl (C=O) groups is 1. The fraction of sp³-hybridized carbons (Fsp3) is 0.150. The Labute approximate surface area is 143 Å². The van der Waals surface area contributed by atoms with E-state index in [9.17, 15) is 18.0 Å². The van der Waals surface area contributed by atoms with Gasteiger partial charge in [0.05, 0.1) is 11.6 Å². The van der Waals surface area contributed by atoms with Crippen LogP contribution in [-0.2, 0) is 6.18 Å². The molecular formula is C20H16F3NO. The zero-order valence-electron chi connectivity index (χ0n) is 13.5. The van der Waals surface area contributed by atoms with Crippen LogP contribution in [0.1, 0.15) is 34.5 Å². The number of rotatable bonds is 3. The molecule has 3 aromatic carbocycles. The highest BCUT2D eigenvalue weighted by Crippen LogP contribution is 2.29. The number of nitrogens with one attached hydrogen (secondary N) is 1. The number of halogens is 3. The molecule has 0 unspecified atom stereocenters. The van der Waals surface area contributed by atoms with E-state index in [-0.39, 0.29) is 11.6 Å². The first-order chi connectivity index (χ1) is 11.8. The molecule has 0 saturated heterocycles. The number of alkyl halides is 3. The average Bonchev–Trinajstić information content (AvgIpc) is 2.60. The van der Waals surface area contributed by atoms with E-state index < -0.39 is 17.6 Å². The van der Waals surface area contributed by atoms with Crippen molar-refractivity contribution in [3.05, 3.63) is 83.4 Å². The summed E-state index contributed by atoms with van der Waals surface area (Å²) in [6.07, 6.45) is -4.47. The van der Waals surface area contributed by atoms with Crippen LogP contribution in [0, 0.1) is 0 Å². The first-order valence-corrected chi connectivity index (χ1v) is 7.81. The Balaban J connectivity index is 1.80. The quantitative estimate of drug-likeness (QED) is 0.682. The van der Waals surface area contributed by atoms with Gasteiger partial charge in [0.2, 0.25) is 0 Å². The normalized spacial score (nSPS) is 12.8. The van der Waals surface area contributed by atoms with E-state index in [4.69, 9.17) is 0 Å². The van der Waals surface area contributed by atoms with Gasteiger partial charge in [0.1, 0.15) is 0 Å². The van der Waals surface area contributed by atoms with Crippen molar-refractivity contribution in [3.63, 3.8) is 0 Å². The fourth-order valence-electron chi connectivity index (χ4n) is 2.68. The Morgan fingerprint density at radius 1 is 0.920 bits per heavy atom. The molecule has 0 radical (unpaired) electrons. The van der Waals surface area contributed by atoms with E-state index >= 15 is 0 Å². The van der Waals surface area contributed by atoms with Gasteiger partial charge in [0, 0.05) is 5.56 Å². The van der Waals surface area contributed by atoms with Gasteiger partial charge in [-0.2, -0.15) is 13.2 Å². The maximum atomic E-state index is 12.8. The Bertz CT molecular complexity index is 918. The smallest absolute Gasteiger partial charge is 0.346 e. The molecule has 0 aliphatic carbocycles. The summed E-state index contributed by atoms with van der Waals surface area (Å²) >= 11 is 0.